The van der Waals surface area contributed by atoms with Crippen molar-refractivity contribution in [2.24, 2.45) is 11.0 Å². The van der Waals surface area contributed by atoms with Gasteiger partial charge in [-0.05, 0) is 23.8 Å². The van der Waals surface area contributed by atoms with Crippen LogP contribution < -0.4 is 15.1 Å². The summed E-state index contributed by atoms with van der Waals surface area (Å²) < 4.78 is 5.15. The average molecular weight is 466 g/mol. The number of nitrogens with one attached hydrogen (secondary N) is 1. The van der Waals surface area contributed by atoms with Crippen LogP contribution in [0.15, 0.2) is 47.6 Å². The van der Waals surface area contributed by atoms with E-state index >= 15 is 0 Å². The van der Waals surface area contributed by atoms with Crippen molar-refractivity contribution in [2.45, 2.75) is 19.8 Å². The van der Waals surface area contributed by atoms with Crippen molar-refractivity contribution in [1.29, 1.82) is 0 Å². The number of hydrogen-bond acceptors (Lipinski definition) is 7. The summed E-state index contributed by atoms with van der Waals surface area (Å²) in [7, 11) is 1.60. The lowest BCUT2D eigenvalue weighted by Gasteiger charge is -2.36. The molecule has 4 rings (SSSR count). The summed E-state index contributed by atoms with van der Waals surface area (Å²) in [6.07, 6.45) is 0.594. The molecule has 10 nitrogen and oxygen atoms in total. The van der Waals surface area contributed by atoms with Crippen LogP contribution in [0.3, 0.4) is 0 Å². The van der Waals surface area contributed by atoms with E-state index in [0.29, 0.717) is 56.0 Å². The molecule has 2 amide bonds. The van der Waals surface area contributed by atoms with Crippen molar-refractivity contribution in [1.82, 2.24) is 10.3 Å². The molecular weight excluding hydrogens is 438 g/mol. The Hall–Kier alpha value is -3.95. The van der Waals surface area contributed by atoms with Crippen LogP contribution in [0.25, 0.3) is 0 Å². The van der Waals surface area contributed by atoms with Crippen molar-refractivity contribution in [3.8, 4) is 5.75 Å². The molecule has 1 fully saturated rings. The number of ether oxygens (including phenoxy) is 1. The summed E-state index contributed by atoms with van der Waals surface area (Å²) in [6, 6.07) is 12.5. The number of carbonyl (C=O) groups is 2. The van der Waals surface area contributed by atoms with Crippen LogP contribution in [0, 0.1) is 16.0 Å². The van der Waals surface area contributed by atoms with E-state index in [1.807, 2.05) is 36.1 Å². The molecule has 0 radical (unpaired) electrons. The summed E-state index contributed by atoms with van der Waals surface area (Å²) in [5, 5.41) is 16.0. The number of anilines is 1. The van der Waals surface area contributed by atoms with Crippen LogP contribution in [0.2, 0.25) is 0 Å². The van der Waals surface area contributed by atoms with Gasteiger partial charge in [0.15, 0.2) is 0 Å². The molecule has 0 aromatic heterocycles. The molecule has 0 spiro atoms. The van der Waals surface area contributed by atoms with Crippen LogP contribution in [-0.2, 0) is 16.0 Å². The van der Waals surface area contributed by atoms with Gasteiger partial charge in [-0.2, -0.15) is 5.10 Å². The highest BCUT2D eigenvalue weighted by Gasteiger charge is 2.28. The Balaban J connectivity index is 1.43. The summed E-state index contributed by atoms with van der Waals surface area (Å²) in [5.41, 5.74) is 5.12. The first-order valence-corrected chi connectivity index (χ1v) is 11.2. The van der Waals surface area contributed by atoms with Crippen molar-refractivity contribution in [3.05, 3.63) is 63.7 Å². The van der Waals surface area contributed by atoms with Crippen LogP contribution in [0.4, 0.5) is 11.4 Å². The number of benzene rings is 2. The van der Waals surface area contributed by atoms with Crippen LogP contribution in [0.5, 0.6) is 5.75 Å². The van der Waals surface area contributed by atoms with Gasteiger partial charge in [0, 0.05) is 50.1 Å². The maximum atomic E-state index is 12.7. The summed E-state index contributed by atoms with van der Waals surface area (Å²) in [6.45, 7) is 3.86. The van der Waals surface area contributed by atoms with Crippen LogP contribution in [0.1, 0.15) is 24.5 Å². The van der Waals surface area contributed by atoms with E-state index in [4.69, 9.17) is 4.74 Å². The van der Waals surface area contributed by atoms with Gasteiger partial charge in [-0.15, -0.1) is 0 Å². The second-order valence-corrected chi connectivity index (χ2v) is 8.49. The number of rotatable bonds is 6. The third-order valence-electron chi connectivity index (χ3n) is 6.21. The number of nitro groups is 1. The lowest BCUT2D eigenvalue weighted by atomic mass is 9.93. The molecule has 1 atom stereocenters. The van der Waals surface area contributed by atoms with E-state index in [1.54, 1.807) is 24.1 Å². The first-order chi connectivity index (χ1) is 16.4. The molecule has 1 N–H and O–H groups in total. The van der Waals surface area contributed by atoms with Crippen molar-refractivity contribution in [2.75, 3.05) is 38.2 Å². The van der Waals surface area contributed by atoms with Gasteiger partial charge in [-0.25, -0.2) is 5.43 Å². The van der Waals surface area contributed by atoms with Crippen molar-refractivity contribution >= 4 is 28.9 Å². The first-order valence-electron chi connectivity index (χ1n) is 11.2. The zero-order valence-corrected chi connectivity index (χ0v) is 19.2. The molecule has 2 aliphatic rings. The fourth-order valence-corrected chi connectivity index (χ4v) is 4.33. The Bertz CT molecular complexity index is 1120. The van der Waals surface area contributed by atoms with E-state index < -0.39 is 4.92 Å². The Morgan fingerprint density at radius 3 is 2.50 bits per heavy atom. The fraction of sp³-hybridized carbons (Fsp3) is 0.375. The van der Waals surface area contributed by atoms with Gasteiger partial charge < -0.3 is 14.5 Å². The number of hydrogen-bond donors (Lipinski definition) is 1. The quantitative estimate of drug-likeness (QED) is 0.517. The molecule has 34 heavy (non-hydrogen) atoms. The molecule has 0 saturated carbocycles. The minimum atomic E-state index is -0.396. The number of piperazine rings is 1. The van der Waals surface area contributed by atoms with E-state index in [9.17, 15) is 19.7 Å². The molecule has 10 heteroatoms. The second kappa shape index (κ2) is 9.90. The zero-order chi connectivity index (χ0) is 24.2. The molecule has 1 saturated heterocycles. The number of hydrazone groups is 1. The highest BCUT2D eigenvalue weighted by molar-refractivity contribution is 6.06. The standard InChI is InChI=1S/C24H27N5O5/c1-16-13-22(30)25-26-24(16)18-5-8-20(21(15-18)29(32)33)27-9-11-28(12-10-27)23(31)14-17-3-6-19(34-2)7-4-17/h3-8,15-16H,9-14H2,1-2H3,(H,25,30). The Labute approximate surface area is 197 Å². The van der Waals surface area contributed by atoms with E-state index in [0.717, 1.165) is 11.3 Å². The highest BCUT2D eigenvalue weighted by Crippen LogP contribution is 2.31. The molecule has 0 aliphatic carbocycles. The van der Waals surface area contributed by atoms with Gasteiger partial charge in [0.05, 0.1) is 24.2 Å². The lowest BCUT2D eigenvalue weighted by molar-refractivity contribution is -0.384. The summed E-state index contributed by atoms with van der Waals surface area (Å²) in [5.74, 6) is 0.481. The fourth-order valence-electron chi connectivity index (χ4n) is 4.33. The van der Waals surface area contributed by atoms with Gasteiger partial charge >= 0.3 is 0 Å². The monoisotopic (exact) mass is 465 g/mol. The number of amides is 2. The number of methoxy groups -OCH3 is 1. The number of nitrogens with zero attached hydrogens (tertiary/aromatic N) is 4. The topological polar surface area (TPSA) is 117 Å². The van der Waals surface area contributed by atoms with Crippen LogP contribution in [-0.4, -0.2) is 60.6 Å². The molecule has 2 aromatic carbocycles. The van der Waals surface area contributed by atoms with Gasteiger partial charge in [-0.1, -0.05) is 25.1 Å². The zero-order valence-electron chi connectivity index (χ0n) is 19.2. The third kappa shape index (κ3) is 5.00. The highest BCUT2D eigenvalue weighted by atomic mass is 16.6. The molecule has 2 aliphatic heterocycles. The Morgan fingerprint density at radius 2 is 1.88 bits per heavy atom. The lowest BCUT2D eigenvalue weighted by Crippen LogP contribution is -2.49. The Kier molecular flexibility index (Phi) is 6.76. The minimum absolute atomic E-state index is 0.0118. The molecule has 178 valence electrons. The van der Waals surface area contributed by atoms with Gasteiger partial charge in [0.2, 0.25) is 11.8 Å². The van der Waals surface area contributed by atoms with Gasteiger partial charge in [-0.3, -0.25) is 19.7 Å². The summed E-state index contributed by atoms with van der Waals surface area (Å²) in [4.78, 5) is 39.4. The predicted octanol–water partition coefficient (Wildman–Crippen LogP) is 2.35. The SMILES string of the molecule is COc1ccc(CC(=O)N2CCN(c3ccc(C4=NNC(=O)CC4C)cc3[N+](=O)[O-])CC2)cc1. The van der Waals surface area contributed by atoms with E-state index in [1.165, 1.54) is 6.07 Å². The number of nitro benzene ring substituents is 1. The normalized spacial score (nSPS) is 18.2. The maximum absolute atomic E-state index is 12.7. The van der Waals surface area contributed by atoms with Crippen molar-refractivity contribution in [3.63, 3.8) is 0 Å². The van der Waals surface area contributed by atoms with Gasteiger partial charge in [0.1, 0.15) is 11.4 Å². The minimum Gasteiger partial charge on any atom is -0.497 e. The molecule has 0 bridgehead atoms. The molecule has 2 heterocycles. The Morgan fingerprint density at radius 1 is 1.18 bits per heavy atom. The third-order valence-corrected chi connectivity index (χ3v) is 6.21. The average Bonchev–Trinajstić information content (AvgIpc) is 2.84. The van der Waals surface area contributed by atoms with Crippen molar-refractivity contribution < 1.29 is 19.2 Å². The largest absolute Gasteiger partial charge is 0.497 e. The molecular formula is C24H27N5O5. The first kappa shape index (κ1) is 23.2. The van der Waals surface area contributed by atoms with E-state index in [2.05, 4.69) is 10.5 Å². The van der Waals surface area contributed by atoms with Gasteiger partial charge in [0.25, 0.3) is 5.69 Å². The maximum Gasteiger partial charge on any atom is 0.293 e. The van der Waals surface area contributed by atoms with Crippen LogP contribution >= 0.6 is 0 Å². The van der Waals surface area contributed by atoms with E-state index in [-0.39, 0.29) is 23.4 Å². The molecule has 1 unspecified atom stereocenters. The second-order valence-electron chi connectivity index (χ2n) is 8.49. The smallest absolute Gasteiger partial charge is 0.293 e. The predicted molar refractivity (Wildman–Crippen MR) is 127 cm³/mol. The number of carbonyl (C=O) groups excluding carboxylic acids is 2. The molecule has 2 aromatic rings. The summed E-state index contributed by atoms with van der Waals surface area (Å²) >= 11 is 0.